The first-order chi connectivity index (χ1) is 8.16. The van der Waals surface area contributed by atoms with E-state index >= 15 is 0 Å². The smallest absolute Gasteiger partial charge is 0.133 e. The molecule has 94 valence electrons. The SMILES string of the molecule is Cc1ccsc1CCN(C)C1CCC(=O)CC1. The summed E-state index contributed by atoms with van der Waals surface area (Å²) in [5, 5.41) is 2.17. The normalized spacial score (nSPS) is 17.9. The van der Waals surface area contributed by atoms with Crippen molar-refractivity contribution in [3.63, 3.8) is 0 Å². The predicted molar refractivity (Wildman–Crippen MR) is 72.7 cm³/mol. The molecule has 1 saturated carbocycles. The van der Waals surface area contributed by atoms with Crippen molar-refractivity contribution in [2.75, 3.05) is 13.6 Å². The van der Waals surface area contributed by atoms with Gasteiger partial charge >= 0.3 is 0 Å². The van der Waals surface area contributed by atoms with Gasteiger partial charge in [0.2, 0.25) is 0 Å². The highest BCUT2D eigenvalue weighted by Gasteiger charge is 2.21. The van der Waals surface area contributed by atoms with Crippen LogP contribution in [0.2, 0.25) is 0 Å². The minimum absolute atomic E-state index is 0.448. The minimum Gasteiger partial charge on any atom is -0.303 e. The van der Waals surface area contributed by atoms with Crippen molar-refractivity contribution in [2.45, 2.75) is 45.1 Å². The fourth-order valence-corrected chi connectivity index (χ4v) is 3.39. The average molecular weight is 251 g/mol. The fraction of sp³-hybridized carbons (Fsp3) is 0.643. The summed E-state index contributed by atoms with van der Waals surface area (Å²) in [6, 6.07) is 2.81. The Morgan fingerprint density at radius 1 is 1.41 bits per heavy atom. The van der Waals surface area contributed by atoms with Crippen LogP contribution >= 0.6 is 11.3 Å². The van der Waals surface area contributed by atoms with Gasteiger partial charge in [-0.1, -0.05) is 0 Å². The molecular weight excluding hydrogens is 230 g/mol. The van der Waals surface area contributed by atoms with Crippen LogP contribution in [-0.2, 0) is 11.2 Å². The van der Waals surface area contributed by atoms with Gasteiger partial charge in [-0.25, -0.2) is 0 Å². The lowest BCUT2D eigenvalue weighted by molar-refractivity contribution is -0.121. The molecule has 0 saturated heterocycles. The van der Waals surface area contributed by atoms with Crippen LogP contribution in [0.1, 0.15) is 36.1 Å². The summed E-state index contributed by atoms with van der Waals surface area (Å²) in [6.45, 7) is 3.30. The number of thiophene rings is 1. The second-order valence-corrected chi connectivity index (χ2v) is 6.03. The molecule has 1 fully saturated rings. The molecule has 0 amide bonds. The highest BCUT2D eigenvalue weighted by atomic mass is 32.1. The summed E-state index contributed by atoms with van der Waals surface area (Å²) in [7, 11) is 2.20. The monoisotopic (exact) mass is 251 g/mol. The van der Waals surface area contributed by atoms with Crippen molar-refractivity contribution < 1.29 is 4.79 Å². The number of hydrogen-bond donors (Lipinski definition) is 0. The van der Waals surface area contributed by atoms with Crippen molar-refractivity contribution in [1.29, 1.82) is 0 Å². The Morgan fingerprint density at radius 3 is 2.71 bits per heavy atom. The van der Waals surface area contributed by atoms with Crippen molar-refractivity contribution in [3.8, 4) is 0 Å². The number of Topliss-reactive ketones (excluding diaryl/α,β-unsaturated/α-hetero) is 1. The number of rotatable bonds is 4. The maximum absolute atomic E-state index is 11.2. The molecule has 0 bridgehead atoms. The maximum atomic E-state index is 11.2. The van der Waals surface area contributed by atoms with Gasteiger partial charge in [0.25, 0.3) is 0 Å². The van der Waals surface area contributed by atoms with Crippen molar-refractivity contribution in [2.24, 2.45) is 0 Å². The molecule has 0 radical (unpaired) electrons. The molecule has 0 aromatic carbocycles. The Balaban J connectivity index is 1.79. The van der Waals surface area contributed by atoms with E-state index in [1.54, 1.807) is 0 Å². The topological polar surface area (TPSA) is 20.3 Å². The molecule has 1 aromatic heterocycles. The van der Waals surface area contributed by atoms with Crippen LogP contribution in [0.4, 0.5) is 0 Å². The summed E-state index contributed by atoms with van der Waals surface area (Å²) in [5.41, 5.74) is 1.42. The van der Waals surface area contributed by atoms with Gasteiger partial charge in [0.15, 0.2) is 0 Å². The van der Waals surface area contributed by atoms with Crippen LogP contribution in [0.25, 0.3) is 0 Å². The van der Waals surface area contributed by atoms with Gasteiger partial charge in [-0.3, -0.25) is 4.79 Å². The lowest BCUT2D eigenvalue weighted by Gasteiger charge is -2.30. The Morgan fingerprint density at radius 2 is 2.12 bits per heavy atom. The summed E-state index contributed by atoms with van der Waals surface area (Å²) >= 11 is 1.86. The molecule has 1 heterocycles. The van der Waals surface area contributed by atoms with Crippen LogP contribution in [0, 0.1) is 6.92 Å². The maximum Gasteiger partial charge on any atom is 0.133 e. The number of carbonyl (C=O) groups is 1. The molecule has 0 N–H and O–H groups in total. The number of aryl methyl sites for hydroxylation is 1. The average Bonchev–Trinajstić information content (AvgIpc) is 2.73. The number of carbonyl (C=O) groups excluding carboxylic acids is 1. The molecule has 17 heavy (non-hydrogen) atoms. The fourth-order valence-electron chi connectivity index (χ4n) is 2.49. The molecule has 0 unspecified atom stereocenters. The highest BCUT2D eigenvalue weighted by molar-refractivity contribution is 7.10. The first-order valence-electron chi connectivity index (χ1n) is 6.41. The predicted octanol–water partition coefficient (Wildman–Crippen LogP) is 3.04. The Hall–Kier alpha value is -0.670. The third-order valence-electron chi connectivity index (χ3n) is 3.80. The Bertz CT molecular complexity index is 375. The van der Waals surface area contributed by atoms with E-state index in [9.17, 15) is 4.79 Å². The molecule has 1 aromatic rings. The van der Waals surface area contributed by atoms with Gasteiger partial charge in [-0.05, 0) is 50.2 Å². The number of hydrogen-bond acceptors (Lipinski definition) is 3. The third-order valence-corrected chi connectivity index (χ3v) is 4.88. The number of ketones is 1. The lowest BCUT2D eigenvalue weighted by Crippen LogP contribution is -2.36. The van der Waals surface area contributed by atoms with E-state index in [0.717, 1.165) is 38.6 Å². The van der Waals surface area contributed by atoms with Crippen LogP contribution in [0.15, 0.2) is 11.4 Å². The molecule has 2 nitrogen and oxygen atoms in total. The standard InChI is InChI=1S/C14H21NOS/c1-11-8-10-17-14(11)7-9-15(2)12-3-5-13(16)6-4-12/h8,10,12H,3-7,9H2,1-2H3. The van der Waals surface area contributed by atoms with Gasteiger partial charge in [-0.15, -0.1) is 11.3 Å². The molecule has 1 aliphatic carbocycles. The molecule has 3 heteroatoms. The van der Waals surface area contributed by atoms with Gasteiger partial charge in [0, 0.05) is 30.3 Å². The van der Waals surface area contributed by atoms with Gasteiger partial charge < -0.3 is 4.90 Å². The third kappa shape index (κ3) is 3.39. The summed E-state index contributed by atoms with van der Waals surface area (Å²) in [6.07, 6.45) is 4.82. The summed E-state index contributed by atoms with van der Waals surface area (Å²) < 4.78 is 0. The quantitative estimate of drug-likeness (QED) is 0.820. The van der Waals surface area contributed by atoms with E-state index in [1.165, 1.54) is 10.4 Å². The van der Waals surface area contributed by atoms with E-state index in [0.29, 0.717) is 11.8 Å². The van der Waals surface area contributed by atoms with Crippen LogP contribution in [0.3, 0.4) is 0 Å². The van der Waals surface area contributed by atoms with Crippen molar-refractivity contribution >= 4 is 17.1 Å². The van der Waals surface area contributed by atoms with E-state index in [2.05, 4.69) is 30.3 Å². The first kappa shape index (κ1) is 12.8. The lowest BCUT2D eigenvalue weighted by atomic mass is 9.93. The van der Waals surface area contributed by atoms with Crippen LogP contribution < -0.4 is 0 Å². The van der Waals surface area contributed by atoms with Crippen molar-refractivity contribution in [1.82, 2.24) is 4.90 Å². The zero-order valence-corrected chi connectivity index (χ0v) is 11.6. The summed E-state index contributed by atoms with van der Waals surface area (Å²) in [5.74, 6) is 0.448. The number of likely N-dealkylation sites (N-methyl/N-ethyl adjacent to an activating group) is 1. The van der Waals surface area contributed by atoms with Gasteiger partial charge in [0.05, 0.1) is 0 Å². The highest BCUT2D eigenvalue weighted by Crippen LogP contribution is 2.21. The van der Waals surface area contributed by atoms with E-state index in [4.69, 9.17) is 0 Å². The van der Waals surface area contributed by atoms with Crippen LogP contribution in [0.5, 0.6) is 0 Å². The van der Waals surface area contributed by atoms with Crippen LogP contribution in [-0.4, -0.2) is 30.3 Å². The molecular formula is C14H21NOS. The molecule has 0 atom stereocenters. The zero-order chi connectivity index (χ0) is 12.3. The first-order valence-corrected chi connectivity index (χ1v) is 7.29. The molecule has 2 rings (SSSR count). The van der Waals surface area contributed by atoms with Gasteiger partial charge in [0.1, 0.15) is 5.78 Å². The van der Waals surface area contributed by atoms with Crippen molar-refractivity contribution in [3.05, 3.63) is 21.9 Å². The molecule has 0 aliphatic heterocycles. The van der Waals surface area contributed by atoms with Gasteiger partial charge in [-0.2, -0.15) is 0 Å². The van der Waals surface area contributed by atoms with E-state index in [1.807, 2.05) is 11.3 Å². The largest absolute Gasteiger partial charge is 0.303 e. The zero-order valence-electron chi connectivity index (χ0n) is 10.7. The second kappa shape index (κ2) is 5.78. The Kier molecular flexibility index (Phi) is 4.35. The second-order valence-electron chi connectivity index (χ2n) is 5.03. The van der Waals surface area contributed by atoms with E-state index < -0.39 is 0 Å². The van der Waals surface area contributed by atoms with E-state index in [-0.39, 0.29) is 0 Å². The number of nitrogens with zero attached hydrogens (tertiary/aromatic N) is 1. The molecule has 1 aliphatic rings. The Labute approximate surface area is 108 Å². The molecule has 0 spiro atoms. The minimum atomic E-state index is 0.448. The summed E-state index contributed by atoms with van der Waals surface area (Å²) in [4.78, 5) is 15.1.